The van der Waals surface area contributed by atoms with Crippen molar-refractivity contribution in [2.75, 3.05) is 13.1 Å². The number of nitrogens with zero attached hydrogens (tertiary/aromatic N) is 3. The summed E-state index contributed by atoms with van der Waals surface area (Å²) in [5.74, 6) is 5.95. The van der Waals surface area contributed by atoms with Crippen LogP contribution in [0, 0.1) is 0 Å². The zero-order chi connectivity index (χ0) is 15.3. The first-order valence-electron chi connectivity index (χ1n) is 8.35. The van der Waals surface area contributed by atoms with Crippen molar-refractivity contribution in [1.82, 2.24) is 20.1 Å². The van der Waals surface area contributed by atoms with Gasteiger partial charge in [0, 0.05) is 24.8 Å². The van der Waals surface area contributed by atoms with Gasteiger partial charge in [0.15, 0.2) is 0 Å². The lowest BCUT2D eigenvalue weighted by Gasteiger charge is -2.46. The fourth-order valence-corrected chi connectivity index (χ4v) is 3.99. The summed E-state index contributed by atoms with van der Waals surface area (Å²) in [5.41, 5.74) is 4.61. The van der Waals surface area contributed by atoms with E-state index in [2.05, 4.69) is 35.5 Å². The Kier molecular flexibility index (Phi) is 5.79. The molecule has 3 N–H and O–H groups in total. The van der Waals surface area contributed by atoms with Crippen molar-refractivity contribution >= 4 is 0 Å². The van der Waals surface area contributed by atoms with Crippen LogP contribution in [0.4, 0.5) is 0 Å². The maximum absolute atomic E-state index is 5.95. The van der Waals surface area contributed by atoms with Gasteiger partial charge < -0.3 is 0 Å². The molecule has 21 heavy (non-hydrogen) atoms. The average Bonchev–Trinajstić information content (AvgIpc) is 3.16. The molecule has 1 atom stereocenters. The molecule has 0 aromatic carbocycles. The highest BCUT2D eigenvalue weighted by Gasteiger charge is 2.41. The average molecular weight is 293 g/mol. The highest BCUT2D eigenvalue weighted by molar-refractivity contribution is 5.07. The Morgan fingerprint density at radius 1 is 1.33 bits per heavy atom. The second kappa shape index (κ2) is 7.38. The van der Waals surface area contributed by atoms with E-state index in [9.17, 15) is 0 Å². The van der Waals surface area contributed by atoms with Gasteiger partial charge in [0.05, 0.1) is 6.20 Å². The second-order valence-electron chi connectivity index (χ2n) is 6.29. The van der Waals surface area contributed by atoms with Gasteiger partial charge in [-0.2, -0.15) is 5.10 Å². The maximum atomic E-state index is 5.95. The molecule has 0 aliphatic carbocycles. The fraction of sp³-hybridized carbons (Fsp3) is 0.812. The molecule has 1 aliphatic rings. The molecule has 0 saturated carbocycles. The van der Waals surface area contributed by atoms with Gasteiger partial charge in [0.2, 0.25) is 0 Å². The van der Waals surface area contributed by atoms with E-state index in [4.69, 9.17) is 5.84 Å². The minimum atomic E-state index is 0.188. The van der Waals surface area contributed by atoms with Crippen molar-refractivity contribution in [3.8, 4) is 0 Å². The third-order valence-corrected chi connectivity index (χ3v) is 5.29. The van der Waals surface area contributed by atoms with Crippen LogP contribution in [0.25, 0.3) is 0 Å². The molecule has 1 aliphatic heterocycles. The second-order valence-corrected chi connectivity index (χ2v) is 6.29. The van der Waals surface area contributed by atoms with E-state index in [1.54, 1.807) is 0 Å². The molecular weight excluding hydrogens is 262 g/mol. The molecule has 1 fully saturated rings. The van der Waals surface area contributed by atoms with Gasteiger partial charge in [-0.15, -0.1) is 0 Å². The largest absolute Gasteiger partial charge is 0.296 e. The first-order chi connectivity index (χ1) is 10.2. The molecule has 5 nitrogen and oxygen atoms in total. The van der Waals surface area contributed by atoms with E-state index in [-0.39, 0.29) is 5.54 Å². The van der Waals surface area contributed by atoms with Crippen LogP contribution >= 0.6 is 0 Å². The van der Waals surface area contributed by atoms with Crippen LogP contribution < -0.4 is 11.3 Å². The lowest BCUT2D eigenvalue weighted by molar-refractivity contribution is 0.0587. The zero-order valence-corrected chi connectivity index (χ0v) is 13.8. The van der Waals surface area contributed by atoms with Gasteiger partial charge in [-0.25, -0.2) is 0 Å². The van der Waals surface area contributed by atoms with Crippen LogP contribution in [-0.4, -0.2) is 39.4 Å². The minimum Gasteiger partial charge on any atom is -0.296 e. The topological polar surface area (TPSA) is 59.1 Å². The van der Waals surface area contributed by atoms with Crippen molar-refractivity contribution < 1.29 is 0 Å². The van der Waals surface area contributed by atoms with Gasteiger partial charge in [-0.3, -0.25) is 20.9 Å². The molecule has 5 heteroatoms. The van der Waals surface area contributed by atoms with Crippen molar-refractivity contribution in [2.45, 2.75) is 64.0 Å². The van der Waals surface area contributed by atoms with Crippen LogP contribution in [0.5, 0.6) is 0 Å². The Hall–Kier alpha value is -0.910. The van der Waals surface area contributed by atoms with Gasteiger partial charge in [-0.05, 0) is 57.2 Å². The standard InChI is InChI=1S/C16H31N5/c1-4-16(5-2,21-10-6-7-11-21)15(19-17)9-8-14-12-18-20(3)13-14/h12-13,15,19H,4-11,17H2,1-3H3. The summed E-state index contributed by atoms with van der Waals surface area (Å²) >= 11 is 0. The molecule has 0 radical (unpaired) electrons. The molecule has 120 valence electrons. The number of nitrogens with two attached hydrogens (primary N) is 1. The monoisotopic (exact) mass is 293 g/mol. The number of rotatable bonds is 8. The van der Waals surface area contributed by atoms with Crippen molar-refractivity contribution in [3.63, 3.8) is 0 Å². The Bertz CT molecular complexity index is 418. The van der Waals surface area contributed by atoms with Crippen molar-refractivity contribution in [2.24, 2.45) is 12.9 Å². The third-order valence-electron chi connectivity index (χ3n) is 5.29. The summed E-state index contributed by atoms with van der Waals surface area (Å²) in [6, 6.07) is 0.325. The number of hydrazine groups is 1. The lowest BCUT2D eigenvalue weighted by Crippen LogP contribution is -2.61. The quantitative estimate of drug-likeness (QED) is 0.567. The Labute approximate surface area is 128 Å². The van der Waals surface area contributed by atoms with Gasteiger partial charge in [-0.1, -0.05) is 13.8 Å². The van der Waals surface area contributed by atoms with Crippen LogP contribution in [0.15, 0.2) is 12.4 Å². The van der Waals surface area contributed by atoms with Crippen LogP contribution in [0.2, 0.25) is 0 Å². The Morgan fingerprint density at radius 2 is 2.00 bits per heavy atom. The predicted molar refractivity (Wildman–Crippen MR) is 86.8 cm³/mol. The van der Waals surface area contributed by atoms with E-state index in [1.165, 1.54) is 31.5 Å². The first-order valence-corrected chi connectivity index (χ1v) is 8.35. The molecule has 1 aromatic heterocycles. The summed E-state index contributed by atoms with van der Waals surface area (Å²) in [7, 11) is 1.97. The van der Waals surface area contributed by atoms with E-state index in [1.807, 2.05) is 17.9 Å². The van der Waals surface area contributed by atoms with Gasteiger partial charge >= 0.3 is 0 Å². The van der Waals surface area contributed by atoms with Crippen molar-refractivity contribution in [1.29, 1.82) is 0 Å². The van der Waals surface area contributed by atoms with E-state index >= 15 is 0 Å². The smallest absolute Gasteiger partial charge is 0.0521 e. The van der Waals surface area contributed by atoms with Crippen LogP contribution in [0.1, 0.15) is 51.5 Å². The first kappa shape index (κ1) is 16.5. The number of aromatic nitrogens is 2. The highest BCUT2D eigenvalue weighted by Crippen LogP contribution is 2.33. The predicted octanol–water partition coefficient (Wildman–Crippen LogP) is 1.84. The third kappa shape index (κ3) is 3.47. The number of hydrogen-bond donors (Lipinski definition) is 2. The van der Waals surface area contributed by atoms with E-state index in [0.717, 1.165) is 25.7 Å². The highest BCUT2D eigenvalue weighted by atomic mass is 15.3. The van der Waals surface area contributed by atoms with E-state index < -0.39 is 0 Å². The molecule has 0 spiro atoms. The number of aryl methyl sites for hydroxylation is 2. The molecule has 2 rings (SSSR count). The molecule has 1 saturated heterocycles. The number of hydrogen-bond acceptors (Lipinski definition) is 4. The fourth-order valence-electron chi connectivity index (χ4n) is 3.99. The molecule has 2 heterocycles. The number of likely N-dealkylation sites (tertiary alicyclic amines) is 1. The molecule has 1 aromatic rings. The van der Waals surface area contributed by atoms with E-state index in [0.29, 0.717) is 6.04 Å². The summed E-state index contributed by atoms with van der Waals surface area (Å²) in [5, 5.41) is 4.25. The lowest BCUT2D eigenvalue weighted by atomic mass is 9.80. The van der Waals surface area contributed by atoms with Gasteiger partial charge in [0.1, 0.15) is 0 Å². The molecular formula is C16H31N5. The maximum Gasteiger partial charge on any atom is 0.0521 e. The van der Waals surface area contributed by atoms with Crippen LogP contribution in [0.3, 0.4) is 0 Å². The SMILES string of the molecule is CCC(CC)(C(CCc1cnn(C)c1)NN)N1CCCC1. The summed E-state index contributed by atoms with van der Waals surface area (Å²) < 4.78 is 1.87. The summed E-state index contributed by atoms with van der Waals surface area (Å²) in [4.78, 5) is 2.67. The molecule has 0 amide bonds. The van der Waals surface area contributed by atoms with Crippen LogP contribution in [-0.2, 0) is 13.5 Å². The minimum absolute atomic E-state index is 0.188. The molecule has 1 unspecified atom stereocenters. The Balaban J connectivity index is 2.07. The summed E-state index contributed by atoms with van der Waals surface area (Å²) in [6.07, 6.45) is 11.1. The van der Waals surface area contributed by atoms with Gasteiger partial charge in [0.25, 0.3) is 0 Å². The normalized spacial score (nSPS) is 18.3. The summed E-state index contributed by atoms with van der Waals surface area (Å²) in [6.45, 7) is 7.03. The Morgan fingerprint density at radius 3 is 2.48 bits per heavy atom. The molecule has 0 bridgehead atoms. The van der Waals surface area contributed by atoms with Crippen molar-refractivity contribution in [3.05, 3.63) is 18.0 Å². The number of nitrogens with one attached hydrogen (secondary N) is 1. The zero-order valence-electron chi connectivity index (χ0n) is 13.8.